The molecule has 0 atom stereocenters. The summed E-state index contributed by atoms with van der Waals surface area (Å²) in [5.74, 6) is 1.73. The zero-order valence-corrected chi connectivity index (χ0v) is 18.2. The Morgan fingerprint density at radius 1 is 1.07 bits per heavy atom. The second kappa shape index (κ2) is 10.2. The highest BCUT2D eigenvalue weighted by atomic mass is 35.5. The fourth-order valence-corrected chi connectivity index (χ4v) is 3.46. The molecule has 1 N–H and O–H groups in total. The van der Waals surface area contributed by atoms with Crippen molar-refractivity contribution in [3.63, 3.8) is 0 Å². The highest BCUT2D eigenvalue weighted by Gasteiger charge is 2.15. The highest BCUT2D eigenvalue weighted by molar-refractivity contribution is 8.00. The van der Waals surface area contributed by atoms with E-state index in [1.165, 1.54) is 26.0 Å². The molecule has 0 radical (unpaired) electrons. The molecule has 0 saturated carbocycles. The van der Waals surface area contributed by atoms with Gasteiger partial charge in [-0.2, -0.15) is 0 Å². The molecule has 0 aliphatic heterocycles. The van der Waals surface area contributed by atoms with Gasteiger partial charge in [0.1, 0.15) is 17.2 Å². The first kappa shape index (κ1) is 21.7. The Morgan fingerprint density at radius 3 is 2.53 bits per heavy atom. The smallest absolute Gasteiger partial charge is 0.252 e. The highest BCUT2D eigenvalue weighted by Crippen LogP contribution is 2.36. The summed E-state index contributed by atoms with van der Waals surface area (Å²) in [6.45, 7) is 1.94. The number of nitrogens with one attached hydrogen (secondary N) is 1. The number of rotatable bonds is 8. The molecule has 0 bridgehead atoms. The summed E-state index contributed by atoms with van der Waals surface area (Å²) in [6, 6.07) is 10.8. The fraction of sp³-hybridized carbons (Fsp3) is 0.190. The lowest BCUT2D eigenvalue weighted by molar-refractivity contribution is -0.113. The van der Waals surface area contributed by atoms with E-state index >= 15 is 0 Å². The van der Waals surface area contributed by atoms with Gasteiger partial charge >= 0.3 is 0 Å². The first-order valence-corrected chi connectivity index (χ1v) is 10.3. The van der Waals surface area contributed by atoms with Gasteiger partial charge in [0.25, 0.3) is 5.88 Å². The minimum atomic E-state index is -0.254. The van der Waals surface area contributed by atoms with Gasteiger partial charge in [0.2, 0.25) is 5.91 Å². The lowest BCUT2D eigenvalue weighted by atomic mass is 10.2. The van der Waals surface area contributed by atoms with Gasteiger partial charge in [-0.15, -0.1) is 0 Å². The topological polar surface area (TPSA) is 82.6 Å². The number of aryl methyl sites for hydroxylation is 1. The molecule has 156 valence electrons. The van der Waals surface area contributed by atoms with Crippen LogP contribution in [0.3, 0.4) is 0 Å². The molecule has 30 heavy (non-hydrogen) atoms. The van der Waals surface area contributed by atoms with Crippen molar-refractivity contribution in [3.8, 4) is 23.1 Å². The predicted molar refractivity (Wildman–Crippen MR) is 117 cm³/mol. The quantitative estimate of drug-likeness (QED) is 0.489. The molecule has 3 aromatic rings. The van der Waals surface area contributed by atoms with Crippen LogP contribution in [0.5, 0.6) is 23.1 Å². The van der Waals surface area contributed by atoms with Crippen molar-refractivity contribution in [1.29, 1.82) is 0 Å². The number of amides is 1. The van der Waals surface area contributed by atoms with Gasteiger partial charge in [-0.1, -0.05) is 41.6 Å². The lowest BCUT2D eigenvalue weighted by Crippen LogP contribution is -2.15. The molecule has 0 saturated heterocycles. The number of carbonyl (C=O) groups excluding carboxylic acids is 1. The Balaban J connectivity index is 1.69. The maximum absolute atomic E-state index is 12.5. The summed E-state index contributed by atoms with van der Waals surface area (Å²) in [5.41, 5.74) is 1.43. The zero-order chi connectivity index (χ0) is 21.5. The van der Waals surface area contributed by atoms with E-state index in [1.807, 2.05) is 31.2 Å². The van der Waals surface area contributed by atoms with Gasteiger partial charge in [-0.25, -0.2) is 9.97 Å². The van der Waals surface area contributed by atoms with E-state index in [2.05, 4.69) is 15.3 Å². The third-order valence-electron chi connectivity index (χ3n) is 4.02. The molecule has 0 fully saturated rings. The minimum absolute atomic E-state index is 0.0942. The molecule has 7 nitrogen and oxygen atoms in total. The van der Waals surface area contributed by atoms with Crippen LogP contribution in [0.2, 0.25) is 5.02 Å². The molecule has 1 amide bonds. The van der Waals surface area contributed by atoms with Crippen LogP contribution in [0, 0.1) is 6.92 Å². The van der Waals surface area contributed by atoms with E-state index in [4.69, 9.17) is 25.8 Å². The van der Waals surface area contributed by atoms with Crippen LogP contribution in [-0.4, -0.2) is 35.8 Å². The van der Waals surface area contributed by atoms with E-state index in [1.54, 1.807) is 24.5 Å². The Labute approximate surface area is 183 Å². The molecule has 0 aliphatic rings. The molecular weight excluding hydrogens is 426 g/mol. The second-order valence-electron chi connectivity index (χ2n) is 6.06. The molecule has 2 aromatic carbocycles. The number of ether oxygens (including phenoxy) is 3. The summed E-state index contributed by atoms with van der Waals surface area (Å²) in [7, 11) is 3.00. The number of hydrogen-bond acceptors (Lipinski definition) is 7. The summed E-state index contributed by atoms with van der Waals surface area (Å²) in [5, 5.41) is 3.70. The first-order valence-electron chi connectivity index (χ1n) is 8.90. The number of carbonyl (C=O) groups is 1. The fourth-order valence-electron chi connectivity index (χ4n) is 2.53. The molecular formula is C21H20ClN3O4S. The average Bonchev–Trinajstić information content (AvgIpc) is 2.75. The molecule has 0 aliphatic carbocycles. The first-order chi connectivity index (χ1) is 14.5. The number of anilines is 1. The zero-order valence-electron chi connectivity index (χ0n) is 16.6. The van der Waals surface area contributed by atoms with Crippen molar-refractivity contribution in [1.82, 2.24) is 9.97 Å². The van der Waals surface area contributed by atoms with Gasteiger partial charge < -0.3 is 19.5 Å². The molecule has 1 aromatic heterocycles. The van der Waals surface area contributed by atoms with E-state index in [-0.39, 0.29) is 11.7 Å². The van der Waals surface area contributed by atoms with Crippen LogP contribution >= 0.6 is 23.4 Å². The average molecular weight is 446 g/mol. The number of aromatic nitrogens is 2. The monoisotopic (exact) mass is 445 g/mol. The summed E-state index contributed by atoms with van der Waals surface area (Å²) < 4.78 is 16.4. The number of para-hydroxylation sites is 1. The number of nitrogens with zero attached hydrogens (tertiary/aromatic N) is 2. The van der Waals surface area contributed by atoms with Crippen LogP contribution in [0.4, 0.5) is 5.69 Å². The van der Waals surface area contributed by atoms with Gasteiger partial charge in [0.15, 0.2) is 5.03 Å². The van der Waals surface area contributed by atoms with Crippen molar-refractivity contribution in [2.45, 2.75) is 11.9 Å². The maximum atomic E-state index is 12.5. The molecule has 0 unspecified atom stereocenters. The number of hydrogen-bond donors (Lipinski definition) is 1. The van der Waals surface area contributed by atoms with Gasteiger partial charge in [0.05, 0.1) is 30.7 Å². The van der Waals surface area contributed by atoms with Crippen molar-refractivity contribution < 1.29 is 19.0 Å². The summed E-state index contributed by atoms with van der Waals surface area (Å²) in [6.07, 6.45) is 3.10. The van der Waals surface area contributed by atoms with E-state index in [9.17, 15) is 4.79 Å². The van der Waals surface area contributed by atoms with Gasteiger partial charge in [-0.05, 0) is 18.6 Å². The number of methoxy groups -OCH3 is 2. The normalized spacial score (nSPS) is 10.4. The van der Waals surface area contributed by atoms with E-state index in [0.717, 1.165) is 5.56 Å². The van der Waals surface area contributed by atoms with Crippen LogP contribution in [-0.2, 0) is 4.79 Å². The number of halogens is 1. The van der Waals surface area contributed by atoms with Crippen LogP contribution in [0.15, 0.2) is 53.8 Å². The third kappa shape index (κ3) is 5.34. The lowest BCUT2D eigenvalue weighted by Gasteiger charge is -2.13. The molecule has 0 spiro atoms. The van der Waals surface area contributed by atoms with Crippen molar-refractivity contribution in [3.05, 3.63) is 59.4 Å². The van der Waals surface area contributed by atoms with Crippen LogP contribution in [0.25, 0.3) is 0 Å². The van der Waals surface area contributed by atoms with Crippen LogP contribution < -0.4 is 19.5 Å². The minimum Gasteiger partial charge on any atom is -0.495 e. The molecule has 9 heteroatoms. The van der Waals surface area contributed by atoms with Crippen molar-refractivity contribution in [2.24, 2.45) is 0 Å². The predicted octanol–water partition coefficient (Wildman–Crippen LogP) is 4.98. The van der Waals surface area contributed by atoms with Crippen LogP contribution in [0.1, 0.15) is 5.56 Å². The van der Waals surface area contributed by atoms with E-state index < -0.39 is 0 Å². The van der Waals surface area contributed by atoms with Gasteiger partial charge in [0, 0.05) is 24.5 Å². The second-order valence-corrected chi connectivity index (χ2v) is 7.43. The van der Waals surface area contributed by atoms with E-state index in [0.29, 0.717) is 38.9 Å². The number of thioether (sulfide) groups is 1. The van der Waals surface area contributed by atoms with Gasteiger partial charge in [-0.3, -0.25) is 4.79 Å². The summed E-state index contributed by atoms with van der Waals surface area (Å²) >= 11 is 7.32. The Bertz CT molecular complexity index is 1050. The van der Waals surface area contributed by atoms with Crippen molar-refractivity contribution >= 4 is 35.0 Å². The maximum Gasteiger partial charge on any atom is 0.252 e. The summed E-state index contributed by atoms with van der Waals surface area (Å²) in [4.78, 5) is 21.0. The Morgan fingerprint density at radius 2 is 1.80 bits per heavy atom. The van der Waals surface area contributed by atoms with Crippen molar-refractivity contribution in [2.75, 3.05) is 25.3 Å². The number of benzene rings is 2. The third-order valence-corrected chi connectivity index (χ3v) is 5.28. The Hall–Kier alpha value is -2.97. The SMILES string of the molecule is COc1cc(NC(=O)CSc2nccnc2Oc2ccccc2C)c(OC)cc1Cl. The molecule has 3 rings (SSSR count). The molecule has 1 heterocycles. The Kier molecular flexibility index (Phi) is 7.37. The largest absolute Gasteiger partial charge is 0.495 e. The standard InChI is InChI=1S/C21H20ClN3O4S/c1-13-6-4-5-7-16(13)29-20-21(24-9-8-23-20)30-12-19(26)25-15-11-17(27-2)14(22)10-18(15)28-3/h4-11H,12H2,1-3H3,(H,25,26).